The molecule has 0 unspecified atom stereocenters. The minimum atomic E-state index is 0.463. The summed E-state index contributed by atoms with van der Waals surface area (Å²) in [7, 11) is 0. The van der Waals surface area contributed by atoms with E-state index in [4.69, 9.17) is 4.74 Å². The molecule has 0 amide bonds. The third kappa shape index (κ3) is 1.38. The Kier molecular flexibility index (Phi) is 2.26. The van der Waals surface area contributed by atoms with Crippen LogP contribution in [-0.4, -0.2) is 50.8 Å². The summed E-state index contributed by atoms with van der Waals surface area (Å²) in [5.41, 5.74) is 0.463. The molecule has 3 aliphatic heterocycles. The van der Waals surface area contributed by atoms with Crippen molar-refractivity contribution in [3.05, 3.63) is 0 Å². The van der Waals surface area contributed by atoms with Crippen LogP contribution in [-0.2, 0) is 4.74 Å². The fraction of sp³-hybridized carbons (Fsp3) is 1.00. The highest BCUT2D eigenvalue weighted by Crippen LogP contribution is 2.38. The van der Waals surface area contributed by atoms with E-state index in [1.807, 2.05) is 0 Å². The highest BCUT2D eigenvalue weighted by atomic mass is 16.5. The van der Waals surface area contributed by atoms with Gasteiger partial charge in [0.15, 0.2) is 0 Å². The molecule has 3 rings (SSSR count). The van der Waals surface area contributed by atoms with E-state index in [9.17, 15) is 0 Å². The van der Waals surface area contributed by atoms with Gasteiger partial charge >= 0.3 is 0 Å². The molecule has 2 atom stereocenters. The Balaban J connectivity index is 1.68. The quantitative estimate of drug-likeness (QED) is 0.688. The van der Waals surface area contributed by atoms with Crippen molar-refractivity contribution >= 4 is 0 Å². The van der Waals surface area contributed by atoms with Crippen molar-refractivity contribution < 1.29 is 4.74 Å². The normalized spacial score (nSPS) is 43.3. The second-order valence-electron chi connectivity index (χ2n) is 5.19. The van der Waals surface area contributed by atoms with Gasteiger partial charge in [-0.05, 0) is 25.9 Å². The highest BCUT2D eigenvalue weighted by Gasteiger charge is 2.48. The second kappa shape index (κ2) is 3.47. The second-order valence-corrected chi connectivity index (χ2v) is 5.19. The summed E-state index contributed by atoms with van der Waals surface area (Å²) < 4.78 is 5.66. The largest absolute Gasteiger partial charge is 0.380 e. The summed E-state index contributed by atoms with van der Waals surface area (Å²) in [4.78, 5) is 2.63. The van der Waals surface area contributed by atoms with Crippen LogP contribution in [0.4, 0.5) is 0 Å². The van der Waals surface area contributed by atoms with Crippen molar-refractivity contribution in [3.63, 3.8) is 0 Å². The van der Waals surface area contributed by atoms with Gasteiger partial charge in [0.1, 0.15) is 0 Å². The molecule has 0 spiro atoms. The standard InChI is InChI=1S/C11H20N2O/c1-2-4-13(3-1)8-11-7-12-5-10(11)6-14-9-11/h10,12H,1-9H2/t10-,11-/m0/s1. The molecule has 0 saturated carbocycles. The average Bonchev–Trinajstić information content (AvgIpc) is 2.79. The Labute approximate surface area is 85.8 Å². The molecular weight excluding hydrogens is 176 g/mol. The first-order valence-electron chi connectivity index (χ1n) is 5.90. The number of likely N-dealkylation sites (tertiary alicyclic amines) is 1. The molecule has 3 fully saturated rings. The number of nitrogens with zero attached hydrogens (tertiary/aromatic N) is 1. The zero-order valence-electron chi connectivity index (χ0n) is 8.80. The number of rotatable bonds is 2. The first kappa shape index (κ1) is 9.13. The van der Waals surface area contributed by atoms with Crippen molar-refractivity contribution in [2.45, 2.75) is 12.8 Å². The first-order chi connectivity index (χ1) is 6.89. The maximum atomic E-state index is 5.66. The van der Waals surface area contributed by atoms with E-state index in [-0.39, 0.29) is 0 Å². The average molecular weight is 196 g/mol. The maximum Gasteiger partial charge on any atom is 0.0551 e. The maximum absolute atomic E-state index is 5.66. The van der Waals surface area contributed by atoms with Crippen LogP contribution < -0.4 is 5.32 Å². The Morgan fingerprint density at radius 3 is 3.07 bits per heavy atom. The van der Waals surface area contributed by atoms with E-state index in [0.717, 1.165) is 19.1 Å². The fourth-order valence-corrected chi connectivity index (χ4v) is 3.28. The molecule has 3 heterocycles. The van der Waals surface area contributed by atoms with Gasteiger partial charge in [-0.15, -0.1) is 0 Å². The monoisotopic (exact) mass is 196 g/mol. The van der Waals surface area contributed by atoms with Crippen LogP contribution in [0.2, 0.25) is 0 Å². The van der Waals surface area contributed by atoms with Gasteiger partial charge in [0.05, 0.1) is 13.2 Å². The van der Waals surface area contributed by atoms with Crippen LogP contribution in [0.5, 0.6) is 0 Å². The summed E-state index contributed by atoms with van der Waals surface area (Å²) in [5, 5.41) is 3.53. The fourth-order valence-electron chi connectivity index (χ4n) is 3.28. The molecule has 80 valence electrons. The summed E-state index contributed by atoms with van der Waals surface area (Å²) in [6.45, 7) is 8.22. The van der Waals surface area contributed by atoms with Gasteiger partial charge in [-0.1, -0.05) is 0 Å². The summed E-state index contributed by atoms with van der Waals surface area (Å²) in [5.74, 6) is 0.781. The van der Waals surface area contributed by atoms with Crippen LogP contribution in [0.15, 0.2) is 0 Å². The topological polar surface area (TPSA) is 24.5 Å². The third-order valence-electron chi connectivity index (χ3n) is 4.18. The predicted molar refractivity (Wildman–Crippen MR) is 55.3 cm³/mol. The summed E-state index contributed by atoms with van der Waals surface area (Å²) in [6, 6.07) is 0. The zero-order valence-corrected chi connectivity index (χ0v) is 8.80. The van der Waals surface area contributed by atoms with Crippen molar-refractivity contribution in [1.82, 2.24) is 10.2 Å². The lowest BCUT2D eigenvalue weighted by atomic mass is 9.80. The van der Waals surface area contributed by atoms with E-state index < -0.39 is 0 Å². The van der Waals surface area contributed by atoms with Crippen LogP contribution in [0.3, 0.4) is 0 Å². The molecule has 0 aromatic carbocycles. The van der Waals surface area contributed by atoms with Gasteiger partial charge in [0.2, 0.25) is 0 Å². The molecule has 14 heavy (non-hydrogen) atoms. The van der Waals surface area contributed by atoms with E-state index in [0.29, 0.717) is 5.41 Å². The number of hydrogen-bond acceptors (Lipinski definition) is 3. The summed E-state index contributed by atoms with van der Waals surface area (Å²) >= 11 is 0. The number of hydrogen-bond donors (Lipinski definition) is 1. The molecule has 0 aromatic heterocycles. The molecule has 1 N–H and O–H groups in total. The van der Waals surface area contributed by atoms with Gasteiger partial charge in [0, 0.05) is 31.0 Å². The Morgan fingerprint density at radius 1 is 1.36 bits per heavy atom. The van der Waals surface area contributed by atoms with Gasteiger partial charge in [0.25, 0.3) is 0 Å². The molecule has 3 nitrogen and oxygen atoms in total. The lowest BCUT2D eigenvalue weighted by molar-refractivity contribution is 0.123. The van der Waals surface area contributed by atoms with Crippen LogP contribution >= 0.6 is 0 Å². The van der Waals surface area contributed by atoms with Gasteiger partial charge < -0.3 is 15.0 Å². The van der Waals surface area contributed by atoms with Crippen molar-refractivity contribution in [2.75, 3.05) is 45.9 Å². The molecular formula is C11H20N2O. The SMILES string of the molecule is C1CCN(C[C@]23CNC[C@H]2COC3)C1. The lowest BCUT2D eigenvalue weighted by Crippen LogP contribution is -2.41. The third-order valence-corrected chi connectivity index (χ3v) is 4.18. The van der Waals surface area contributed by atoms with E-state index >= 15 is 0 Å². The Morgan fingerprint density at radius 2 is 2.21 bits per heavy atom. The molecule has 0 radical (unpaired) electrons. The number of nitrogens with one attached hydrogen (secondary N) is 1. The van der Waals surface area contributed by atoms with Crippen LogP contribution in [0.25, 0.3) is 0 Å². The van der Waals surface area contributed by atoms with Crippen molar-refractivity contribution in [3.8, 4) is 0 Å². The Bertz CT molecular complexity index is 203. The van der Waals surface area contributed by atoms with Gasteiger partial charge in [-0.25, -0.2) is 0 Å². The van der Waals surface area contributed by atoms with E-state index in [2.05, 4.69) is 10.2 Å². The number of ether oxygens (including phenoxy) is 1. The van der Waals surface area contributed by atoms with Crippen LogP contribution in [0.1, 0.15) is 12.8 Å². The van der Waals surface area contributed by atoms with Crippen LogP contribution in [0, 0.1) is 11.3 Å². The van der Waals surface area contributed by atoms with Gasteiger partial charge in [-0.3, -0.25) is 0 Å². The summed E-state index contributed by atoms with van der Waals surface area (Å²) in [6.07, 6.45) is 2.80. The van der Waals surface area contributed by atoms with E-state index in [1.165, 1.54) is 45.6 Å². The Hall–Kier alpha value is -0.120. The number of fused-ring (bicyclic) bond motifs is 1. The molecule has 3 saturated heterocycles. The zero-order chi connectivity index (χ0) is 9.43. The smallest absolute Gasteiger partial charge is 0.0551 e. The van der Waals surface area contributed by atoms with Crippen molar-refractivity contribution in [1.29, 1.82) is 0 Å². The molecule has 3 aliphatic rings. The first-order valence-corrected chi connectivity index (χ1v) is 5.90. The minimum absolute atomic E-state index is 0.463. The van der Waals surface area contributed by atoms with Crippen molar-refractivity contribution in [2.24, 2.45) is 11.3 Å². The molecule has 0 aromatic rings. The molecule has 0 aliphatic carbocycles. The minimum Gasteiger partial charge on any atom is -0.380 e. The van der Waals surface area contributed by atoms with E-state index in [1.54, 1.807) is 0 Å². The molecule has 3 heteroatoms. The molecule has 0 bridgehead atoms. The van der Waals surface area contributed by atoms with Gasteiger partial charge in [-0.2, -0.15) is 0 Å². The highest BCUT2D eigenvalue weighted by molar-refractivity contribution is 5.00. The lowest BCUT2D eigenvalue weighted by Gasteiger charge is -2.31. The predicted octanol–water partition coefficient (Wildman–Crippen LogP) is 0.318.